The monoisotopic (exact) mass is 321 g/mol. The van der Waals surface area contributed by atoms with Gasteiger partial charge in [-0.2, -0.15) is 5.26 Å². The van der Waals surface area contributed by atoms with Crippen LogP contribution in [0.1, 0.15) is 52.9 Å². The third kappa shape index (κ3) is 4.60. The van der Waals surface area contributed by atoms with Gasteiger partial charge in [-0.25, -0.2) is 4.79 Å². The minimum atomic E-state index is -0.460. The van der Waals surface area contributed by atoms with Gasteiger partial charge in [-0.3, -0.25) is 4.79 Å². The molecule has 2 rings (SSSR count). The van der Waals surface area contributed by atoms with Crippen molar-refractivity contribution in [3.05, 3.63) is 0 Å². The van der Waals surface area contributed by atoms with E-state index in [0.29, 0.717) is 0 Å². The number of nitriles is 1. The molecule has 0 unspecified atom stereocenters. The molecule has 2 saturated heterocycles. The molecule has 2 amide bonds. The lowest BCUT2D eigenvalue weighted by Crippen LogP contribution is -2.50. The predicted octanol–water partition coefficient (Wildman–Crippen LogP) is 2.54. The molecule has 0 atom stereocenters. The minimum Gasteiger partial charge on any atom is -0.444 e. The Balaban J connectivity index is 1.82. The van der Waals surface area contributed by atoms with Crippen LogP contribution in [0.25, 0.3) is 0 Å². The van der Waals surface area contributed by atoms with Gasteiger partial charge in [0.1, 0.15) is 12.0 Å². The quantitative estimate of drug-likeness (QED) is 0.744. The molecule has 2 aliphatic rings. The first kappa shape index (κ1) is 17.6. The number of hydrogen-bond donors (Lipinski definition) is 0. The van der Waals surface area contributed by atoms with Gasteiger partial charge in [0.05, 0.1) is 6.07 Å². The van der Waals surface area contributed by atoms with Crippen molar-refractivity contribution in [2.45, 2.75) is 58.5 Å². The first-order valence-corrected chi connectivity index (χ1v) is 8.37. The smallest absolute Gasteiger partial charge is 0.410 e. The number of carbonyl (C=O) groups is 2. The largest absolute Gasteiger partial charge is 0.444 e. The van der Waals surface area contributed by atoms with Crippen molar-refractivity contribution in [3.63, 3.8) is 0 Å². The highest BCUT2D eigenvalue weighted by molar-refractivity contribution is 5.78. The molecule has 0 N–H and O–H groups in total. The van der Waals surface area contributed by atoms with Crippen molar-refractivity contribution < 1.29 is 14.3 Å². The van der Waals surface area contributed by atoms with Crippen LogP contribution >= 0.6 is 0 Å². The molecule has 2 heterocycles. The summed E-state index contributed by atoms with van der Waals surface area (Å²) in [6, 6.07) is 1.92. The van der Waals surface area contributed by atoms with E-state index in [1.807, 2.05) is 26.8 Å². The lowest BCUT2D eigenvalue weighted by molar-refractivity contribution is -0.132. The highest BCUT2D eigenvalue weighted by Crippen LogP contribution is 2.41. The summed E-state index contributed by atoms with van der Waals surface area (Å²) in [5.74, 6) is -0.0615. The first-order chi connectivity index (χ1) is 10.7. The van der Waals surface area contributed by atoms with Gasteiger partial charge in [0.15, 0.2) is 0 Å². The van der Waals surface area contributed by atoms with Crippen molar-refractivity contribution in [1.82, 2.24) is 9.80 Å². The molecule has 0 aromatic carbocycles. The summed E-state index contributed by atoms with van der Waals surface area (Å²) >= 11 is 0. The Morgan fingerprint density at radius 3 is 1.96 bits per heavy atom. The van der Waals surface area contributed by atoms with Crippen LogP contribution in [0.15, 0.2) is 0 Å². The molecule has 1 spiro atoms. The van der Waals surface area contributed by atoms with Gasteiger partial charge in [-0.05, 0) is 51.9 Å². The Hall–Kier alpha value is -1.77. The maximum absolute atomic E-state index is 12.1. The van der Waals surface area contributed by atoms with Crippen LogP contribution in [0.4, 0.5) is 4.79 Å². The van der Waals surface area contributed by atoms with Gasteiger partial charge in [0.2, 0.25) is 5.91 Å². The molecule has 2 fully saturated rings. The number of piperidine rings is 2. The number of amides is 2. The molecule has 0 saturated carbocycles. The van der Waals surface area contributed by atoms with E-state index < -0.39 is 5.60 Å². The van der Waals surface area contributed by atoms with Crippen molar-refractivity contribution >= 4 is 12.0 Å². The van der Waals surface area contributed by atoms with Crippen molar-refractivity contribution in [3.8, 4) is 6.07 Å². The number of carbonyl (C=O) groups excluding carboxylic acids is 2. The van der Waals surface area contributed by atoms with Gasteiger partial charge < -0.3 is 14.5 Å². The van der Waals surface area contributed by atoms with E-state index in [9.17, 15) is 9.59 Å². The van der Waals surface area contributed by atoms with E-state index >= 15 is 0 Å². The van der Waals surface area contributed by atoms with E-state index in [-0.39, 0.29) is 23.8 Å². The fourth-order valence-electron chi connectivity index (χ4n) is 3.40. The fourth-order valence-corrected chi connectivity index (χ4v) is 3.40. The topological polar surface area (TPSA) is 73.6 Å². The van der Waals surface area contributed by atoms with E-state index in [1.54, 1.807) is 9.80 Å². The van der Waals surface area contributed by atoms with Gasteiger partial charge in [0.25, 0.3) is 0 Å². The second-order valence-electron chi connectivity index (χ2n) is 7.68. The second kappa shape index (κ2) is 6.77. The molecule has 6 heteroatoms. The highest BCUT2D eigenvalue weighted by atomic mass is 16.6. The molecule has 0 radical (unpaired) electrons. The Morgan fingerprint density at radius 1 is 1.04 bits per heavy atom. The van der Waals surface area contributed by atoms with Gasteiger partial charge >= 0.3 is 6.09 Å². The third-order valence-electron chi connectivity index (χ3n) is 4.88. The summed E-state index contributed by atoms with van der Waals surface area (Å²) in [4.78, 5) is 27.5. The Bertz CT molecular complexity index is 486. The predicted molar refractivity (Wildman–Crippen MR) is 85.5 cm³/mol. The molecule has 23 heavy (non-hydrogen) atoms. The lowest BCUT2D eigenvalue weighted by atomic mass is 9.71. The summed E-state index contributed by atoms with van der Waals surface area (Å²) in [6.45, 7) is 8.54. The molecule has 128 valence electrons. The fraction of sp³-hybridized carbons (Fsp3) is 0.824. The summed E-state index contributed by atoms with van der Waals surface area (Å²) in [7, 11) is 0. The zero-order valence-corrected chi connectivity index (χ0v) is 14.4. The van der Waals surface area contributed by atoms with E-state index in [0.717, 1.165) is 51.9 Å². The van der Waals surface area contributed by atoms with Gasteiger partial charge in [-0.15, -0.1) is 0 Å². The van der Waals surface area contributed by atoms with E-state index in [1.165, 1.54) is 0 Å². The lowest BCUT2D eigenvalue weighted by Gasteiger charge is -2.46. The number of likely N-dealkylation sites (tertiary alicyclic amines) is 2. The van der Waals surface area contributed by atoms with E-state index in [2.05, 4.69) is 0 Å². The summed E-state index contributed by atoms with van der Waals surface area (Å²) in [5.41, 5.74) is -0.222. The molecule has 0 aromatic rings. The second-order valence-corrected chi connectivity index (χ2v) is 7.68. The Morgan fingerprint density at radius 2 is 1.52 bits per heavy atom. The van der Waals surface area contributed by atoms with Crippen LogP contribution in [0.3, 0.4) is 0 Å². The molecule has 0 aliphatic carbocycles. The zero-order valence-electron chi connectivity index (χ0n) is 14.4. The third-order valence-corrected chi connectivity index (χ3v) is 4.88. The zero-order chi connectivity index (χ0) is 17.1. The maximum atomic E-state index is 12.1. The standard InChI is InChI=1S/C17H27N3O3/c1-16(2,3)23-15(22)20-12-7-17(8-13-20)5-10-19(11-6-17)14(21)4-9-18/h4-8,10-13H2,1-3H3. The van der Waals surface area contributed by atoms with Gasteiger partial charge in [-0.1, -0.05) is 0 Å². The number of hydrogen-bond acceptors (Lipinski definition) is 4. The van der Waals surface area contributed by atoms with Gasteiger partial charge in [0, 0.05) is 26.2 Å². The molecular formula is C17H27N3O3. The number of rotatable bonds is 1. The van der Waals surface area contributed by atoms with Crippen LogP contribution in [-0.4, -0.2) is 53.6 Å². The van der Waals surface area contributed by atoms with Crippen molar-refractivity contribution in [1.29, 1.82) is 5.26 Å². The number of nitrogens with zero attached hydrogens (tertiary/aromatic N) is 3. The van der Waals surface area contributed by atoms with Crippen LogP contribution in [0, 0.1) is 16.7 Å². The maximum Gasteiger partial charge on any atom is 0.410 e. The summed E-state index contributed by atoms with van der Waals surface area (Å²) in [5, 5.41) is 8.62. The van der Waals surface area contributed by atoms with E-state index in [4.69, 9.17) is 10.00 Å². The van der Waals surface area contributed by atoms with Crippen LogP contribution in [0.5, 0.6) is 0 Å². The van der Waals surface area contributed by atoms with Crippen LogP contribution in [-0.2, 0) is 9.53 Å². The average Bonchev–Trinajstić information content (AvgIpc) is 2.47. The molecule has 6 nitrogen and oxygen atoms in total. The highest BCUT2D eigenvalue weighted by Gasteiger charge is 2.40. The van der Waals surface area contributed by atoms with Crippen LogP contribution in [0.2, 0.25) is 0 Å². The van der Waals surface area contributed by atoms with Crippen LogP contribution < -0.4 is 0 Å². The summed E-state index contributed by atoms with van der Waals surface area (Å²) in [6.07, 6.45) is 3.60. The molecular weight excluding hydrogens is 294 g/mol. The summed E-state index contributed by atoms with van der Waals surface area (Å²) < 4.78 is 5.43. The first-order valence-electron chi connectivity index (χ1n) is 8.37. The Labute approximate surface area is 138 Å². The molecule has 2 aliphatic heterocycles. The van der Waals surface area contributed by atoms with Crippen molar-refractivity contribution in [2.75, 3.05) is 26.2 Å². The minimum absolute atomic E-state index is 0.0284. The average molecular weight is 321 g/mol. The molecule has 0 bridgehead atoms. The van der Waals surface area contributed by atoms with Crippen molar-refractivity contribution in [2.24, 2.45) is 5.41 Å². The Kier molecular flexibility index (Phi) is 5.18. The SMILES string of the molecule is CC(C)(C)OC(=O)N1CCC2(CCN(C(=O)CC#N)CC2)CC1. The normalized spacial score (nSPS) is 21.0. The molecule has 0 aromatic heterocycles. The number of ether oxygens (including phenoxy) is 1.